The van der Waals surface area contributed by atoms with Crippen LogP contribution >= 0.6 is 11.8 Å². The maximum absolute atomic E-state index is 5.86. The van der Waals surface area contributed by atoms with Crippen LogP contribution in [0.5, 0.6) is 0 Å². The van der Waals surface area contributed by atoms with E-state index in [1.807, 2.05) is 17.8 Å². The zero-order chi connectivity index (χ0) is 11.7. The number of nitrogens with two attached hydrogens (primary N) is 1. The lowest BCUT2D eigenvalue weighted by Gasteiger charge is -2.08. The van der Waals surface area contributed by atoms with Crippen molar-refractivity contribution in [1.29, 1.82) is 0 Å². The Labute approximate surface area is 101 Å². The van der Waals surface area contributed by atoms with Gasteiger partial charge in [0.05, 0.1) is 0 Å². The highest BCUT2D eigenvalue weighted by Crippen LogP contribution is 2.28. The van der Waals surface area contributed by atoms with Crippen LogP contribution in [0.2, 0.25) is 0 Å². The third-order valence-corrected chi connectivity index (χ3v) is 3.40. The summed E-state index contributed by atoms with van der Waals surface area (Å²) in [6, 6.07) is 6.67. The van der Waals surface area contributed by atoms with Gasteiger partial charge in [-0.25, -0.2) is 0 Å². The second kappa shape index (κ2) is 4.42. The van der Waals surface area contributed by atoms with Crippen molar-refractivity contribution in [1.82, 2.24) is 4.57 Å². The van der Waals surface area contributed by atoms with E-state index in [1.165, 1.54) is 16.5 Å². The van der Waals surface area contributed by atoms with Crippen molar-refractivity contribution < 1.29 is 0 Å². The number of rotatable bonds is 3. The van der Waals surface area contributed by atoms with Gasteiger partial charge in [-0.3, -0.25) is 0 Å². The Hall–Kier alpha value is -1.09. The van der Waals surface area contributed by atoms with Crippen molar-refractivity contribution in [2.24, 2.45) is 0 Å². The molecule has 1 heterocycles. The number of anilines is 1. The Morgan fingerprint density at radius 3 is 2.75 bits per heavy atom. The van der Waals surface area contributed by atoms with Crippen molar-refractivity contribution in [3.05, 3.63) is 30.0 Å². The first-order valence-electron chi connectivity index (χ1n) is 5.51. The lowest BCUT2D eigenvalue weighted by Crippen LogP contribution is -1.97. The fourth-order valence-electron chi connectivity index (χ4n) is 2.04. The molecule has 0 spiro atoms. The molecule has 0 radical (unpaired) electrons. The van der Waals surface area contributed by atoms with Crippen LogP contribution in [0.1, 0.15) is 25.5 Å². The zero-order valence-electron chi connectivity index (χ0n) is 10.0. The van der Waals surface area contributed by atoms with Gasteiger partial charge < -0.3 is 10.3 Å². The Balaban J connectivity index is 2.66. The van der Waals surface area contributed by atoms with Gasteiger partial charge >= 0.3 is 0 Å². The minimum Gasteiger partial charge on any atom is -0.399 e. The van der Waals surface area contributed by atoms with Crippen molar-refractivity contribution in [3.63, 3.8) is 0 Å². The minimum atomic E-state index is 0.488. The molecule has 0 fully saturated rings. The summed E-state index contributed by atoms with van der Waals surface area (Å²) < 4.78 is 2.32. The highest BCUT2D eigenvalue weighted by Gasteiger charge is 2.10. The van der Waals surface area contributed by atoms with Gasteiger partial charge in [0.25, 0.3) is 0 Å². The van der Waals surface area contributed by atoms with Crippen molar-refractivity contribution in [2.75, 3.05) is 12.0 Å². The van der Waals surface area contributed by atoms with Crippen LogP contribution in [-0.4, -0.2) is 10.8 Å². The highest BCUT2D eigenvalue weighted by molar-refractivity contribution is 7.97. The van der Waals surface area contributed by atoms with Crippen LogP contribution in [0.25, 0.3) is 10.9 Å². The van der Waals surface area contributed by atoms with Crippen LogP contribution < -0.4 is 5.73 Å². The number of fused-ring (bicyclic) bond motifs is 1. The third-order valence-electron chi connectivity index (χ3n) is 2.80. The number of benzene rings is 1. The molecule has 2 aromatic rings. The zero-order valence-corrected chi connectivity index (χ0v) is 10.8. The first-order chi connectivity index (χ1) is 7.63. The molecule has 0 saturated heterocycles. The fraction of sp³-hybridized carbons (Fsp3) is 0.385. The summed E-state index contributed by atoms with van der Waals surface area (Å²) in [5.74, 6) is 1.04. The smallest absolute Gasteiger partial charge is 0.0487 e. The molecule has 0 unspecified atom stereocenters. The molecule has 0 aliphatic rings. The summed E-state index contributed by atoms with van der Waals surface area (Å²) in [7, 11) is 0. The van der Waals surface area contributed by atoms with E-state index >= 15 is 0 Å². The van der Waals surface area contributed by atoms with Crippen LogP contribution in [0.15, 0.2) is 24.4 Å². The SMILES string of the molecule is CSCc1cn(C(C)C)c2ccc(N)cc12. The average molecular weight is 234 g/mol. The quantitative estimate of drug-likeness (QED) is 0.821. The first kappa shape index (κ1) is 11.4. The predicted octanol–water partition coefficient (Wildman–Crippen LogP) is 3.67. The largest absolute Gasteiger partial charge is 0.399 e. The third kappa shape index (κ3) is 1.92. The Kier molecular flexibility index (Phi) is 3.15. The van der Waals surface area contributed by atoms with E-state index in [9.17, 15) is 0 Å². The summed E-state index contributed by atoms with van der Waals surface area (Å²) in [5.41, 5.74) is 9.37. The number of aromatic nitrogens is 1. The van der Waals surface area contributed by atoms with E-state index in [2.05, 4.69) is 43.0 Å². The number of nitrogens with zero attached hydrogens (tertiary/aromatic N) is 1. The normalized spacial score (nSPS) is 11.5. The van der Waals surface area contributed by atoms with Crippen LogP contribution in [0, 0.1) is 0 Å². The fourth-order valence-corrected chi connectivity index (χ4v) is 2.58. The highest BCUT2D eigenvalue weighted by atomic mass is 32.2. The molecule has 3 heteroatoms. The molecular weight excluding hydrogens is 216 g/mol. The minimum absolute atomic E-state index is 0.488. The van der Waals surface area contributed by atoms with Crippen LogP contribution in [-0.2, 0) is 5.75 Å². The average Bonchev–Trinajstić information content (AvgIpc) is 2.58. The summed E-state index contributed by atoms with van der Waals surface area (Å²) >= 11 is 1.85. The molecular formula is C13H18N2S. The lowest BCUT2D eigenvalue weighted by molar-refractivity contribution is 0.622. The number of hydrogen-bond donors (Lipinski definition) is 1. The molecule has 0 bridgehead atoms. The van der Waals surface area contributed by atoms with E-state index in [4.69, 9.17) is 5.73 Å². The number of hydrogen-bond acceptors (Lipinski definition) is 2. The summed E-state index contributed by atoms with van der Waals surface area (Å²) in [5, 5.41) is 1.29. The Morgan fingerprint density at radius 1 is 1.38 bits per heavy atom. The number of nitrogen functional groups attached to an aromatic ring is 1. The molecule has 0 amide bonds. The molecule has 16 heavy (non-hydrogen) atoms. The molecule has 1 aromatic carbocycles. The van der Waals surface area contributed by atoms with Gasteiger partial charge in [0.1, 0.15) is 0 Å². The molecule has 86 valence electrons. The topological polar surface area (TPSA) is 30.9 Å². The standard InChI is InChI=1S/C13H18N2S/c1-9(2)15-7-10(8-16-3)12-6-11(14)4-5-13(12)15/h4-7,9H,8,14H2,1-3H3. The summed E-state index contributed by atoms with van der Waals surface area (Å²) in [6.07, 6.45) is 4.39. The number of thioether (sulfide) groups is 1. The van der Waals surface area contributed by atoms with Gasteiger partial charge in [0, 0.05) is 34.6 Å². The van der Waals surface area contributed by atoms with Gasteiger partial charge in [0.15, 0.2) is 0 Å². The molecule has 2 nitrogen and oxygen atoms in total. The van der Waals surface area contributed by atoms with E-state index in [1.54, 1.807) is 0 Å². The molecule has 1 aromatic heterocycles. The van der Waals surface area contributed by atoms with Gasteiger partial charge in [-0.2, -0.15) is 11.8 Å². The lowest BCUT2D eigenvalue weighted by atomic mass is 10.2. The van der Waals surface area contributed by atoms with Crippen LogP contribution in [0.3, 0.4) is 0 Å². The van der Waals surface area contributed by atoms with E-state index < -0.39 is 0 Å². The van der Waals surface area contributed by atoms with E-state index in [0.29, 0.717) is 6.04 Å². The molecule has 0 aliphatic carbocycles. The molecule has 0 aliphatic heterocycles. The van der Waals surface area contributed by atoms with Gasteiger partial charge in [-0.05, 0) is 43.9 Å². The van der Waals surface area contributed by atoms with Crippen LogP contribution in [0.4, 0.5) is 5.69 Å². The molecule has 0 saturated carbocycles. The van der Waals surface area contributed by atoms with Crippen molar-refractivity contribution in [2.45, 2.75) is 25.6 Å². The second-order valence-electron chi connectivity index (χ2n) is 4.36. The van der Waals surface area contributed by atoms with E-state index in [-0.39, 0.29) is 0 Å². The van der Waals surface area contributed by atoms with Crippen molar-refractivity contribution >= 4 is 28.4 Å². The van der Waals surface area contributed by atoms with E-state index in [0.717, 1.165) is 11.4 Å². The molecule has 0 atom stereocenters. The summed E-state index contributed by atoms with van der Waals surface area (Å²) in [6.45, 7) is 4.41. The van der Waals surface area contributed by atoms with Crippen molar-refractivity contribution in [3.8, 4) is 0 Å². The first-order valence-corrected chi connectivity index (χ1v) is 6.90. The monoisotopic (exact) mass is 234 g/mol. The summed E-state index contributed by atoms with van der Waals surface area (Å²) in [4.78, 5) is 0. The predicted molar refractivity (Wildman–Crippen MR) is 74.0 cm³/mol. The Bertz CT molecular complexity index is 500. The van der Waals surface area contributed by atoms with Gasteiger partial charge in [-0.1, -0.05) is 0 Å². The maximum Gasteiger partial charge on any atom is 0.0487 e. The van der Waals surface area contributed by atoms with Gasteiger partial charge in [-0.15, -0.1) is 0 Å². The Morgan fingerprint density at radius 2 is 2.12 bits per heavy atom. The molecule has 2 rings (SSSR count). The molecule has 2 N–H and O–H groups in total. The maximum atomic E-state index is 5.86. The van der Waals surface area contributed by atoms with Gasteiger partial charge in [0.2, 0.25) is 0 Å². The second-order valence-corrected chi connectivity index (χ2v) is 5.23.